The first kappa shape index (κ1) is 21.7. The average Bonchev–Trinajstić information content (AvgIpc) is 3.06. The summed E-state index contributed by atoms with van der Waals surface area (Å²) in [6, 6.07) is 14.0. The van der Waals surface area contributed by atoms with Gasteiger partial charge in [0.2, 0.25) is 0 Å². The molecule has 0 saturated carbocycles. The van der Waals surface area contributed by atoms with E-state index in [4.69, 9.17) is 0 Å². The van der Waals surface area contributed by atoms with Crippen molar-refractivity contribution in [3.05, 3.63) is 77.2 Å². The van der Waals surface area contributed by atoms with Gasteiger partial charge in [-0.15, -0.1) is 0 Å². The number of anilines is 1. The molecule has 0 bridgehead atoms. The number of nitrogens with zero attached hydrogens (tertiary/aromatic N) is 2. The number of hydrogen-bond donors (Lipinski definition) is 1. The van der Waals surface area contributed by atoms with Crippen molar-refractivity contribution in [1.82, 2.24) is 9.78 Å². The molecule has 6 nitrogen and oxygen atoms in total. The molecule has 0 unspecified atom stereocenters. The van der Waals surface area contributed by atoms with Crippen molar-refractivity contribution in [2.24, 2.45) is 0 Å². The van der Waals surface area contributed by atoms with Gasteiger partial charge >= 0.3 is 0 Å². The van der Waals surface area contributed by atoms with Crippen molar-refractivity contribution in [2.75, 3.05) is 11.6 Å². The van der Waals surface area contributed by atoms with E-state index in [0.29, 0.717) is 22.6 Å². The number of hydrogen-bond acceptors (Lipinski definition) is 4. The summed E-state index contributed by atoms with van der Waals surface area (Å²) in [4.78, 5) is 12.8. The Morgan fingerprint density at radius 2 is 1.67 bits per heavy atom. The molecule has 3 rings (SSSR count). The Balaban J connectivity index is 1.90. The lowest BCUT2D eigenvalue weighted by atomic mass is 9.92. The van der Waals surface area contributed by atoms with Crippen molar-refractivity contribution in [3.63, 3.8) is 0 Å². The van der Waals surface area contributed by atoms with E-state index >= 15 is 0 Å². The number of nitrogens with one attached hydrogen (secondary N) is 1. The molecule has 0 atom stereocenters. The predicted octanol–water partition coefficient (Wildman–Crippen LogP) is 4.11. The number of amides is 1. The molecule has 1 N–H and O–H groups in total. The zero-order valence-electron chi connectivity index (χ0n) is 17.3. The lowest BCUT2D eigenvalue weighted by Crippen LogP contribution is -2.15. The summed E-state index contributed by atoms with van der Waals surface area (Å²) in [5.74, 6) is -0.343. The summed E-state index contributed by atoms with van der Waals surface area (Å²) in [6.07, 6.45) is 1.16. The highest BCUT2D eigenvalue weighted by Crippen LogP contribution is 2.26. The third-order valence-corrected chi connectivity index (χ3v) is 5.29. The topological polar surface area (TPSA) is 81.1 Å². The van der Waals surface area contributed by atoms with Crippen LogP contribution in [0.15, 0.2) is 54.6 Å². The zero-order valence-corrected chi connectivity index (χ0v) is 18.1. The van der Waals surface area contributed by atoms with Gasteiger partial charge in [0.15, 0.2) is 9.84 Å². The van der Waals surface area contributed by atoms with Crippen LogP contribution in [0.2, 0.25) is 0 Å². The first-order valence-electron chi connectivity index (χ1n) is 9.37. The summed E-state index contributed by atoms with van der Waals surface area (Å²) in [5.41, 5.74) is 2.13. The molecule has 0 fully saturated rings. The van der Waals surface area contributed by atoms with Gasteiger partial charge in [-0.05, 0) is 42.0 Å². The fourth-order valence-corrected chi connectivity index (χ4v) is 3.66. The van der Waals surface area contributed by atoms with E-state index in [1.54, 1.807) is 47.1 Å². The maximum atomic E-state index is 13.3. The van der Waals surface area contributed by atoms with Gasteiger partial charge in [0.25, 0.3) is 5.91 Å². The van der Waals surface area contributed by atoms with Crippen LogP contribution < -0.4 is 5.32 Å². The highest BCUT2D eigenvalue weighted by Gasteiger charge is 2.22. The summed E-state index contributed by atoms with van der Waals surface area (Å²) >= 11 is 0. The minimum atomic E-state index is -3.15. The summed E-state index contributed by atoms with van der Waals surface area (Å²) in [6.45, 7) is 6.03. The highest BCUT2D eigenvalue weighted by molar-refractivity contribution is 7.89. The van der Waals surface area contributed by atoms with E-state index in [1.807, 2.05) is 20.8 Å². The Morgan fingerprint density at radius 1 is 1.07 bits per heavy atom. The fourth-order valence-electron chi connectivity index (χ4n) is 2.86. The Kier molecular flexibility index (Phi) is 5.81. The third kappa shape index (κ3) is 5.33. The number of benzene rings is 2. The molecule has 2 aromatic carbocycles. The standard InChI is InChI=1S/C22H24FN3O3S/c1-22(2,3)19-13-20(26(25-19)18-11-9-17(23)10-12-18)24-21(27)16-7-5-15(6-8-16)14-30(4,28)29/h5-13H,14H2,1-4H3,(H,24,27). The highest BCUT2D eigenvalue weighted by atomic mass is 32.2. The normalized spacial score (nSPS) is 12.0. The van der Waals surface area contributed by atoms with E-state index in [1.165, 1.54) is 12.1 Å². The molecule has 0 aliphatic carbocycles. The second-order valence-electron chi connectivity index (χ2n) is 8.27. The van der Waals surface area contributed by atoms with Crippen LogP contribution >= 0.6 is 0 Å². The van der Waals surface area contributed by atoms with Gasteiger partial charge in [-0.1, -0.05) is 32.9 Å². The van der Waals surface area contributed by atoms with Crippen LogP contribution in [-0.4, -0.2) is 30.4 Å². The Hall–Kier alpha value is -3.00. The molecule has 0 radical (unpaired) electrons. The second kappa shape index (κ2) is 8.02. The number of rotatable bonds is 5. The van der Waals surface area contributed by atoms with Gasteiger partial charge in [-0.25, -0.2) is 17.5 Å². The summed E-state index contributed by atoms with van der Waals surface area (Å²) in [7, 11) is -3.15. The fraction of sp³-hybridized carbons (Fsp3) is 0.273. The quantitative estimate of drug-likeness (QED) is 0.662. The maximum absolute atomic E-state index is 13.3. The number of sulfone groups is 1. The van der Waals surface area contributed by atoms with Gasteiger partial charge in [0.1, 0.15) is 11.6 Å². The molecule has 0 spiro atoms. The lowest BCUT2D eigenvalue weighted by Gasteiger charge is -2.14. The van der Waals surface area contributed by atoms with E-state index in [9.17, 15) is 17.6 Å². The molecule has 3 aromatic rings. The molecule has 1 amide bonds. The largest absolute Gasteiger partial charge is 0.306 e. The van der Waals surface area contributed by atoms with Crippen LogP contribution in [0, 0.1) is 5.82 Å². The minimum absolute atomic E-state index is 0.0822. The van der Waals surface area contributed by atoms with Crippen LogP contribution in [0.5, 0.6) is 0 Å². The predicted molar refractivity (Wildman–Crippen MR) is 115 cm³/mol. The number of aromatic nitrogens is 2. The van der Waals surface area contributed by atoms with Crippen molar-refractivity contribution in [1.29, 1.82) is 0 Å². The minimum Gasteiger partial charge on any atom is -0.306 e. The van der Waals surface area contributed by atoms with Crippen molar-refractivity contribution < 1.29 is 17.6 Å². The van der Waals surface area contributed by atoms with E-state index in [2.05, 4.69) is 10.4 Å². The molecule has 1 aromatic heterocycles. The molecule has 0 aliphatic rings. The Bertz CT molecular complexity index is 1160. The average molecular weight is 430 g/mol. The molecule has 1 heterocycles. The lowest BCUT2D eigenvalue weighted by molar-refractivity contribution is 0.102. The van der Waals surface area contributed by atoms with Gasteiger partial charge < -0.3 is 5.32 Å². The second-order valence-corrected chi connectivity index (χ2v) is 10.4. The summed E-state index contributed by atoms with van der Waals surface area (Å²) in [5, 5.41) is 7.44. The number of carbonyl (C=O) groups is 1. The number of carbonyl (C=O) groups excluding carboxylic acids is 1. The molecular weight excluding hydrogens is 405 g/mol. The molecular formula is C22H24FN3O3S. The van der Waals surface area contributed by atoms with Gasteiger partial charge in [-0.3, -0.25) is 4.79 Å². The first-order chi connectivity index (χ1) is 13.9. The van der Waals surface area contributed by atoms with Crippen LogP contribution in [0.4, 0.5) is 10.2 Å². The van der Waals surface area contributed by atoms with E-state index < -0.39 is 9.84 Å². The first-order valence-corrected chi connectivity index (χ1v) is 11.4. The molecule has 0 saturated heterocycles. The smallest absolute Gasteiger partial charge is 0.256 e. The van der Waals surface area contributed by atoms with Gasteiger partial charge in [0.05, 0.1) is 17.1 Å². The van der Waals surface area contributed by atoms with Crippen molar-refractivity contribution >= 4 is 21.6 Å². The van der Waals surface area contributed by atoms with Crippen LogP contribution in [-0.2, 0) is 21.0 Å². The Morgan fingerprint density at radius 3 is 2.20 bits per heavy atom. The van der Waals surface area contributed by atoms with Crippen LogP contribution in [0.1, 0.15) is 42.4 Å². The Labute approximate surface area is 175 Å². The zero-order chi connectivity index (χ0) is 22.1. The SMILES string of the molecule is CC(C)(C)c1cc(NC(=O)c2ccc(CS(C)(=O)=O)cc2)n(-c2ccc(F)cc2)n1. The van der Waals surface area contributed by atoms with E-state index in [-0.39, 0.29) is 22.9 Å². The maximum Gasteiger partial charge on any atom is 0.256 e. The summed E-state index contributed by atoms with van der Waals surface area (Å²) < 4.78 is 37.7. The molecule has 0 aliphatic heterocycles. The molecule has 30 heavy (non-hydrogen) atoms. The van der Waals surface area contributed by atoms with Crippen molar-refractivity contribution in [3.8, 4) is 5.69 Å². The molecule has 8 heteroatoms. The van der Waals surface area contributed by atoms with Crippen molar-refractivity contribution in [2.45, 2.75) is 31.9 Å². The number of halogens is 1. The van der Waals surface area contributed by atoms with Crippen LogP contribution in [0.3, 0.4) is 0 Å². The van der Waals surface area contributed by atoms with E-state index in [0.717, 1.165) is 11.9 Å². The third-order valence-electron chi connectivity index (χ3n) is 4.44. The van der Waals surface area contributed by atoms with Crippen LogP contribution in [0.25, 0.3) is 5.69 Å². The monoisotopic (exact) mass is 429 g/mol. The van der Waals surface area contributed by atoms with Gasteiger partial charge in [0, 0.05) is 23.3 Å². The molecule has 158 valence electrons. The van der Waals surface area contributed by atoms with Gasteiger partial charge in [-0.2, -0.15) is 5.10 Å².